The molecule has 9 heteroatoms. The van der Waals surface area contributed by atoms with Crippen LogP contribution in [-0.2, 0) is 24.4 Å². The molecule has 1 unspecified atom stereocenters. The van der Waals surface area contributed by atoms with Crippen molar-refractivity contribution in [2.24, 2.45) is 0 Å². The van der Waals surface area contributed by atoms with Crippen LogP contribution in [0.15, 0.2) is 40.5 Å². The van der Waals surface area contributed by atoms with E-state index in [1.807, 2.05) is 16.8 Å². The number of tetrazole rings is 1. The molecule has 0 amide bonds. The van der Waals surface area contributed by atoms with Gasteiger partial charge in [0.2, 0.25) is 0 Å². The van der Waals surface area contributed by atoms with E-state index in [9.17, 15) is 4.79 Å². The zero-order valence-corrected chi connectivity index (χ0v) is 21.1. The Labute approximate surface area is 203 Å². The van der Waals surface area contributed by atoms with Gasteiger partial charge in [-0.2, -0.15) is 0 Å². The van der Waals surface area contributed by atoms with Crippen molar-refractivity contribution in [2.45, 2.75) is 59.3 Å². The van der Waals surface area contributed by atoms with Gasteiger partial charge in [0, 0.05) is 36.2 Å². The molecule has 0 aliphatic rings. The second-order valence-electron chi connectivity index (χ2n) is 8.69. The Kier molecular flexibility index (Phi) is 7.87. The zero-order valence-electron chi connectivity index (χ0n) is 20.2. The van der Waals surface area contributed by atoms with Gasteiger partial charge in [0.25, 0.3) is 5.56 Å². The topological polar surface area (TPSA) is 88.9 Å². The first-order valence-electron chi connectivity index (χ1n) is 11.6. The van der Waals surface area contributed by atoms with Gasteiger partial charge in [-0.15, -0.1) is 16.4 Å². The number of ether oxygens (including phenoxy) is 1. The highest BCUT2D eigenvalue weighted by molar-refractivity contribution is 7.09. The monoisotopic (exact) mass is 480 g/mol. The summed E-state index contributed by atoms with van der Waals surface area (Å²) in [5.41, 5.74) is 3.93. The molecule has 4 aromatic rings. The van der Waals surface area contributed by atoms with Gasteiger partial charge in [-0.3, -0.25) is 9.69 Å². The van der Waals surface area contributed by atoms with Gasteiger partial charge in [-0.25, -0.2) is 4.68 Å². The van der Waals surface area contributed by atoms with E-state index in [1.165, 1.54) is 16.0 Å². The second-order valence-corrected chi connectivity index (χ2v) is 9.72. The Balaban J connectivity index is 1.73. The molecule has 0 spiro atoms. The lowest BCUT2D eigenvalue weighted by atomic mass is 10.0. The minimum absolute atomic E-state index is 0.0335. The number of methoxy groups -OCH3 is 1. The molecule has 1 atom stereocenters. The normalized spacial score (nSPS) is 12.6. The third-order valence-electron chi connectivity index (χ3n) is 6.22. The van der Waals surface area contributed by atoms with Crippen LogP contribution in [0.25, 0.3) is 10.9 Å². The highest BCUT2D eigenvalue weighted by Gasteiger charge is 2.27. The first kappa shape index (κ1) is 24.3. The molecule has 3 heterocycles. The van der Waals surface area contributed by atoms with Gasteiger partial charge in [-0.1, -0.05) is 19.4 Å². The molecular weight excluding hydrogens is 448 g/mol. The van der Waals surface area contributed by atoms with E-state index in [0.29, 0.717) is 26.2 Å². The van der Waals surface area contributed by atoms with Crippen LogP contribution in [0.2, 0.25) is 0 Å². The number of H-pyrrole nitrogens is 1. The molecule has 1 N–H and O–H groups in total. The first-order valence-corrected chi connectivity index (χ1v) is 12.5. The molecule has 0 aliphatic carbocycles. The number of rotatable bonds is 11. The molecule has 180 valence electrons. The maximum atomic E-state index is 13.1. The molecular formula is C25H32N6O2S. The molecule has 0 saturated heterocycles. The van der Waals surface area contributed by atoms with Crippen LogP contribution in [0, 0.1) is 13.8 Å². The Bertz CT molecular complexity index is 1280. The Morgan fingerprint density at radius 3 is 2.76 bits per heavy atom. The van der Waals surface area contributed by atoms with Gasteiger partial charge in [-0.05, 0) is 76.9 Å². The minimum Gasteiger partial charge on any atom is -0.383 e. The third kappa shape index (κ3) is 5.43. The summed E-state index contributed by atoms with van der Waals surface area (Å²) < 4.78 is 7.07. The van der Waals surface area contributed by atoms with Crippen molar-refractivity contribution >= 4 is 22.2 Å². The predicted octanol–water partition coefficient (Wildman–Crippen LogP) is 4.38. The fraction of sp³-hybridized carbons (Fsp3) is 0.440. The molecule has 3 aromatic heterocycles. The number of hydrogen-bond acceptors (Lipinski definition) is 7. The van der Waals surface area contributed by atoms with E-state index in [2.05, 4.69) is 69.8 Å². The van der Waals surface area contributed by atoms with Crippen LogP contribution in [0.4, 0.5) is 0 Å². The van der Waals surface area contributed by atoms with E-state index < -0.39 is 0 Å². The highest BCUT2D eigenvalue weighted by Crippen LogP contribution is 2.29. The van der Waals surface area contributed by atoms with Gasteiger partial charge in [0.1, 0.15) is 0 Å². The SMILES string of the molecule is CCCC(c1nnnn1CCOC)N(Cc1cccs1)Cc1cc2cc(C)c(C)cc2[nH]c1=O. The van der Waals surface area contributed by atoms with Crippen molar-refractivity contribution in [3.05, 3.63) is 73.5 Å². The number of aryl methyl sites for hydroxylation is 2. The Hall–Kier alpha value is -2.88. The van der Waals surface area contributed by atoms with Crippen molar-refractivity contribution in [3.63, 3.8) is 0 Å². The Morgan fingerprint density at radius 1 is 1.21 bits per heavy atom. The summed E-state index contributed by atoms with van der Waals surface area (Å²) in [6, 6.07) is 10.4. The summed E-state index contributed by atoms with van der Waals surface area (Å²) in [5.74, 6) is 0.805. The number of pyridine rings is 1. The summed E-state index contributed by atoms with van der Waals surface area (Å²) in [4.78, 5) is 19.8. The van der Waals surface area contributed by atoms with Gasteiger partial charge in [0.05, 0.1) is 19.2 Å². The van der Waals surface area contributed by atoms with E-state index in [-0.39, 0.29) is 11.6 Å². The third-order valence-corrected chi connectivity index (χ3v) is 7.08. The fourth-order valence-electron chi connectivity index (χ4n) is 4.27. The van der Waals surface area contributed by atoms with Gasteiger partial charge >= 0.3 is 0 Å². The number of thiophene rings is 1. The van der Waals surface area contributed by atoms with E-state index >= 15 is 0 Å². The van der Waals surface area contributed by atoms with Crippen molar-refractivity contribution < 1.29 is 4.74 Å². The number of nitrogens with zero attached hydrogens (tertiary/aromatic N) is 5. The second kappa shape index (κ2) is 11.0. The zero-order chi connectivity index (χ0) is 24.1. The van der Waals surface area contributed by atoms with E-state index in [1.54, 1.807) is 18.4 Å². The number of aromatic amines is 1. The lowest BCUT2D eigenvalue weighted by molar-refractivity contribution is 0.148. The van der Waals surface area contributed by atoms with Crippen LogP contribution < -0.4 is 5.56 Å². The summed E-state index contributed by atoms with van der Waals surface area (Å²) in [7, 11) is 1.67. The summed E-state index contributed by atoms with van der Waals surface area (Å²) in [6.45, 7) is 8.65. The van der Waals surface area contributed by atoms with Crippen LogP contribution in [0.1, 0.15) is 53.2 Å². The minimum atomic E-state index is -0.0545. The number of fused-ring (bicyclic) bond motifs is 1. The van der Waals surface area contributed by atoms with Crippen molar-refractivity contribution in [2.75, 3.05) is 13.7 Å². The summed E-state index contributed by atoms with van der Waals surface area (Å²) in [5, 5.41) is 15.7. The number of hydrogen-bond donors (Lipinski definition) is 1. The van der Waals surface area contributed by atoms with Crippen LogP contribution in [0.5, 0.6) is 0 Å². The molecule has 0 radical (unpaired) electrons. The largest absolute Gasteiger partial charge is 0.383 e. The smallest absolute Gasteiger partial charge is 0.252 e. The maximum Gasteiger partial charge on any atom is 0.252 e. The number of benzene rings is 1. The van der Waals surface area contributed by atoms with Gasteiger partial charge < -0.3 is 9.72 Å². The van der Waals surface area contributed by atoms with Crippen molar-refractivity contribution in [1.29, 1.82) is 0 Å². The molecule has 0 bridgehead atoms. The quantitative estimate of drug-likeness (QED) is 0.343. The van der Waals surface area contributed by atoms with Crippen molar-refractivity contribution in [1.82, 2.24) is 30.1 Å². The predicted molar refractivity (Wildman–Crippen MR) is 135 cm³/mol. The molecule has 4 rings (SSSR count). The summed E-state index contributed by atoms with van der Waals surface area (Å²) >= 11 is 1.72. The molecule has 1 aromatic carbocycles. The standard InChI is InChI=1S/C25H32N6O2S/c1-5-7-23(24-27-28-29-31(24)9-10-33-4)30(16-21-8-6-11-34-21)15-20-14-19-12-17(2)18(3)13-22(19)26-25(20)32/h6,8,11-14,23H,5,7,9-10,15-16H2,1-4H3,(H,26,32). The fourth-order valence-corrected chi connectivity index (χ4v) is 5.00. The van der Waals surface area contributed by atoms with Gasteiger partial charge in [0.15, 0.2) is 5.82 Å². The average Bonchev–Trinajstić information content (AvgIpc) is 3.49. The highest BCUT2D eigenvalue weighted by atomic mass is 32.1. The Morgan fingerprint density at radius 2 is 2.03 bits per heavy atom. The maximum absolute atomic E-state index is 13.1. The van der Waals surface area contributed by atoms with Crippen LogP contribution >= 0.6 is 11.3 Å². The van der Waals surface area contributed by atoms with E-state index in [0.717, 1.165) is 35.1 Å². The molecule has 0 fully saturated rings. The molecule has 8 nitrogen and oxygen atoms in total. The lowest BCUT2D eigenvalue weighted by Crippen LogP contribution is -2.32. The molecule has 0 aliphatic heterocycles. The van der Waals surface area contributed by atoms with Crippen LogP contribution in [-0.4, -0.2) is 43.8 Å². The number of aromatic nitrogens is 5. The number of nitrogens with one attached hydrogen (secondary N) is 1. The molecule has 34 heavy (non-hydrogen) atoms. The van der Waals surface area contributed by atoms with E-state index in [4.69, 9.17) is 4.74 Å². The van der Waals surface area contributed by atoms with Crippen LogP contribution in [0.3, 0.4) is 0 Å². The van der Waals surface area contributed by atoms with Crippen molar-refractivity contribution in [3.8, 4) is 0 Å². The first-order chi connectivity index (χ1) is 16.5. The summed E-state index contributed by atoms with van der Waals surface area (Å²) in [6.07, 6.45) is 1.85. The molecule has 0 saturated carbocycles. The lowest BCUT2D eigenvalue weighted by Gasteiger charge is -2.30. The average molecular weight is 481 g/mol.